The van der Waals surface area contributed by atoms with E-state index in [1.165, 1.54) is 4.90 Å². The number of phenolic OH excluding ortho intramolecular Hbond substituents is 1. The number of phenols is 1. The molecule has 3 N–H and O–H groups in total. The van der Waals surface area contributed by atoms with Crippen LogP contribution in [0.2, 0.25) is 0 Å². The van der Waals surface area contributed by atoms with Crippen molar-refractivity contribution in [3.63, 3.8) is 0 Å². The van der Waals surface area contributed by atoms with Gasteiger partial charge in [0, 0.05) is 36.9 Å². The fourth-order valence-corrected chi connectivity index (χ4v) is 3.06. The van der Waals surface area contributed by atoms with E-state index in [4.69, 9.17) is 4.74 Å². The van der Waals surface area contributed by atoms with Gasteiger partial charge in [0.1, 0.15) is 11.5 Å². The first-order valence-corrected chi connectivity index (χ1v) is 9.19. The highest BCUT2D eigenvalue weighted by molar-refractivity contribution is 7.99. The van der Waals surface area contributed by atoms with Crippen molar-refractivity contribution in [2.75, 3.05) is 33.0 Å². The van der Waals surface area contributed by atoms with Crippen LogP contribution in [-0.2, 0) is 6.42 Å². The molecule has 0 atom stereocenters. The Bertz CT molecular complexity index is 678. The molecule has 0 amide bonds. The minimum Gasteiger partial charge on any atom is -0.508 e. The Morgan fingerprint density at radius 3 is 2.56 bits per heavy atom. The molecule has 0 heterocycles. The fraction of sp³-hybridized carbons (Fsp3) is 0.316. The van der Waals surface area contributed by atoms with Crippen LogP contribution in [0.15, 0.2) is 58.4 Å². The number of aromatic hydroxyl groups is 1. The number of ether oxygens (including phenoxy) is 1. The molecule has 0 aliphatic heterocycles. The first-order chi connectivity index (χ1) is 12.2. The van der Waals surface area contributed by atoms with Crippen LogP contribution in [0.25, 0.3) is 0 Å². The van der Waals surface area contributed by atoms with Crippen molar-refractivity contribution >= 4 is 17.7 Å². The summed E-state index contributed by atoms with van der Waals surface area (Å²) in [5.74, 6) is 2.64. The maximum absolute atomic E-state index is 9.97. The molecule has 0 fully saturated rings. The summed E-state index contributed by atoms with van der Waals surface area (Å²) in [4.78, 5) is 5.48. The Morgan fingerprint density at radius 1 is 1.12 bits per heavy atom. The second-order valence-corrected chi connectivity index (χ2v) is 6.50. The predicted octanol–water partition coefficient (Wildman–Crippen LogP) is 2.90. The summed E-state index contributed by atoms with van der Waals surface area (Å²) in [6.07, 6.45) is 0.704. The second kappa shape index (κ2) is 10.5. The number of methoxy groups -OCH3 is 1. The first kappa shape index (κ1) is 19.0. The van der Waals surface area contributed by atoms with E-state index in [0.717, 1.165) is 23.8 Å². The van der Waals surface area contributed by atoms with Gasteiger partial charge in [-0.1, -0.05) is 24.3 Å². The van der Waals surface area contributed by atoms with Crippen LogP contribution in [-0.4, -0.2) is 44.1 Å². The third kappa shape index (κ3) is 6.58. The molecule has 5 nitrogen and oxygen atoms in total. The van der Waals surface area contributed by atoms with Crippen LogP contribution in [0.3, 0.4) is 0 Å². The minimum atomic E-state index is 0.253. The summed E-state index contributed by atoms with van der Waals surface area (Å²) < 4.78 is 5.09. The number of thioether (sulfide) groups is 1. The molecule has 2 aromatic rings. The molecule has 0 saturated carbocycles. The zero-order chi connectivity index (χ0) is 17.9. The van der Waals surface area contributed by atoms with Gasteiger partial charge in [-0.3, -0.25) is 4.99 Å². The van der Waals surface area contributed by atoms with Crippen LogP contribution >= 0.6 is 11.8 Å². The molecular weight excluding hydrogens is 334 g/mol. The van der Waals surface area contributed by atoms with Crippen molar-refractivity contribution in [3.05, 3.63) is 54.1 Å². The Hall–Kier alpha value is -2.34. The quantitative estimate of drug-likeness (QED) is 0.293. The summed E-state index contributed by atoms with van der Waals surface area (Å²) in [6.45, 7) is 1.51. The predicted molar refractivity (Wildman–Crippen MR) is 105 cm³/mol. The van der Waals surface area contributed by atoms with E-state index in [0.29, 0.717) is 18.7 Å². The van der Waals surface area contributed by atoms with Crippen LogP contribution < -0.4 is 15.4 Å². The van der Waals surface area contributed by atoms with Crippen molar-refractivity contribution in [3.8, 4) is 11.5 Å². The summed E-state index contributed by atoms with van der Waals surface area (Å²) in [7, 11) is 3.34. The van der Waals surface area contributed by atoms with E-state index >= 15 is 0 Å². The SMILES string of the molecule is CN=C(NCCSc1ccccc1)NCCc1ccc(OC)cc1O. The lowest BCUT2D eigenvalue weighted by atomic mass is 10.1. The number of nitrogens with zero attached hydrogens (tertiary/aromatic N) is 1. The maximum Gasteiger partial charge on any atom is 0.191 e. The summed E-state index contributed by atoms with van der Waals surface area (Å²) in [5.41, 5.74) is 0.878. The van der Waals surface area contributed by atoms with Crippen molar-refractivity contribution in [1.82, 2.24) is 10.6 Å². The highest BCUT2D eigenvalue weighted by atomic mass is 32.2. The van der Waals surface area contributed by atoms with Gasteiger partial charge in [0.2, 0.25) is 0 Å². The largest absolute Gasteiger partial charge is 0.508 e. The van der Waals surface area contributed by atoms with Crippen molar-refractivity contribution in [1.29, 1.82) is 0 Å². The molecule has 0 spiro atoms. The van der Waals surface area contributed by atoms with Crippen molar-refractivity contribution in [2.24, 2.45) is 4.99 Å². The molecule has 0 saturated heterocycles. The number of aliphatic imine (C=N–C) groups is 1. The maximum atomic E-state index is 9.97. The Morgan fingerprint density at radius 2 is 1.88 bits per heavy atom. The van der Waals surface area contributed by atoms with Gasteiger partial charge in [0.15, 0.2) is 5.96 Å². The van der Waals surface area contributed by atoms with E-state index in [2.05, 4.69) is 27.8 Å². The normalized spacial score (nSPS) is 11.2. The number of nitrogens with one attached hydrogen (secondary N) is 2. The molecule has 0 radical (unpaired) electrons. The van der Waals surface area contributed by atoms with Crippen LogP contribution in [0.5, 0.6) is 11.5 Å². The van der Waals surface area contributed by atoms with Crippen molar-refractivity contribution < 1.29 is 9.84 Å². The van der Waals surface area contributed by atoms with Crippen LogP contribution in [0, 0.1) is 0 Å². The number of hydrogen-bond acceptors (Lipinski definition) is 4. The highest BCUT2D eigenvalue weighted by Gasteiger charge is 2.04. The van der Waals surface area contributed by atoms with Gasteiger partial charge < -0.3 is 20.5 Å². The molecule has 0 aliphatic carbocycles. The molecule has 0 aliphatic rings. The molecule has 2 rings (SSSR count). The van der Waals surface area contributed by atoms with Gasteiger partial charge in [-0.2, -0.15) is 0 Å². The summed E-state index contributed by atoms with van der Waals surface area (Å²) in [6, 6.07) is 15.7. The first-order valence-electron chi connectivity index (χ1n) is 8.21. The fourth-order valence-electron chi connectivity index (χ4n) is 2.27. The number of hydrogen-bond donors (Lipinski definition) is 3. The number of benzene rings is 2. The molecule has 6 heteroatoms. The van der Waals surface area contributed by atoms with E-state index in [1.54, 1.807) is 20.2 Å². The monoisotopic (exact) mass is 359 g/mol. The van der Waals surface area contributed by atoms with E-state index in [1.807, 2.05) is 42.1 Å². The van der Waals surface area contributed by atoms with E-state index in [9.17, 15) is 5.11 Å². The lowest BCUT2D eigenvalue weighted by Gasteiger charge is -2.12. The highest BCUT2D eigenvalue weighted by Crippen LogP contribution is 2.23. The van der Waals surface area contributed by atoms with E-state index in [-0.39, 0.29) is 5.75 Å². The standard InChI is InChI=1S/C19H25N3O2S/c1-20-19(22-12-13-25-17-6-4-3-5-7-17)21-11-10-15-8-9-16(24-2)14-18(15)23/h3-9,14,23H,10-13H2,1-2H3,(H2,20,21,22). The smallest absolute Gasteiger partial charge is 0.191 e. The average molecular weight is 359 g/mol. The number of rotatable bonds is 8. The second-order valence-electron chi connectivity index (χ2n) is 5.33. The third-order valence-corrected chi connectivity index (χ3v) is 4.62. The Balaban J connectivity index is 1.68. The molecule has 25 heavy (non-hydrogen) atoms. The van der Waals surface area contributed by atoms with Gasteiger partial charge in [0.05, 0.1) is 7.11 Å². The van der Waals surface area contributed by atoms with Gasteiger partial charge in [-0.15, -0.1) is 11.8 Å². The number of guanidine groups is 1. The summed E-state index contributed by atoms with van der Waals surface area (Å²) >= 11 is 1.81. The Labute approximate surface area is 153 Å². The van der Waals surface area contributed by atoms with Crippen LogP contribution in [0.1, 0.15) is 5.56 Å². The third-order valence-electron chi connectivity index (χ3n) is 3.61. The zero-order valence-electron chi connectivity index (χ0n) is 14.7. The molecule has 0 unspecified atom stereocenters. The van der Waals surface area contributed by atoms with Crippen LogP contribution in [0.4, 0.5) is 0 Å². The Kier molecular flexibility index (Phi) is 7.98. The molecule has 0 bridgehead atoms. The zero-order valence-corrected chi connectivity index (χ0v) is 15.5. The lowest BCUT2D eigenvalue weighted by Crippen LogP contribution is -2.39. The van der Waals surface area contributed by atoms with E-state index < -0.39 is 0 Å². The lowest BCUT2D eigenvalue weighted by molar-refractivity contribution is 0.406. The topological polar surface area (TPSA) is 65.9 Å². The molecule has 134 valence electrons. The summed E-state index contributed by atoms with van der Waals surface area (Å²) in [5, 5.41) is 16.5. The average Bonchev–Trinajstić information content (AvgIpc) is 2.65. The van der Waals surface area contributed by atoms with Gasteiger partial charge in [0.25, 0.3) is 0 Å². The van der Waals surface area contributed by atoms with Gasteiger partial charge in [-0.05, 0) is 30.2 Å². The molecule has 2 aromatic carbocycles. The molecular formula is C19H25N3O2S. The van der Waals surface area contributed by atoms with Gasteiger partial charge >= 0.3 is 0 Å². The molecule has 0 aromatic heterocycles. The van der Waals surface area contributed by atoms with Gasteiger partial charge in [-0.25, -0.2) is 0 Å². The minimum absolute atomic E-state index is 0.253. The van der Waals surface area contributed by atoms with Crippen molar-refractivity contribution in [2.45, 2.75) is 11.3 Å².